The van der Waals surface area contributed by atoms with E-state index in [1.54, 1.807) is 18.2 Å². The van der Waals surface area contributed by atoms with E-state index in [2.05, 4.69) is 5.32 Å². The predicted molar refractivity (Wildman–Crippen MR) is 64.6 cm³/mol. The molecule has 0 aliphatic carbocycles. The van der Waals surface area contributed by atoms with Crippen LogP contribution in [0.1, 0.15) is 10.4 Å². The van der Waals surface area contributed by atoms with Crippen LogP contribution in [-0.4, -0.2) is 43.1 Å². The highest BCUT2D eigenvalue weighted by Crippen LogP contribution is 2.28. The molecule has 0 aromatic heterocycles. The molecule has 4 nitrogen and oxygen atoms in total. The van der Waals surface area contributed by atoms with E-state index in [4.69, 9.17) is 16.3 Å². The van der Waals surface area contributed by atoms with Gasteiger partial charge >= 0.3 is 0 Å². The number of hydrogen-bond donors (Lipinski definition) is 1. The number of amides is 1. The number of rotatable bonds is 0. The zero-order valence-corrected chi connectivity index (χ0v) is 10.0. The summed E-state index contributed by atoms with van der Waals surface area (Å²) >= 11 is 5.91. The Hall–Kier alpha value is -1.26. The second-order valence-corrected chi connectivity index (χ2v) is 4.74. The van der Waals surface area contributed by atoms with E-state index < -0.39 is 0 Å². The molecule has 3 rings (SSSR count). The fraction of sp³-hybridized carbons (Fsp3) is 0.417. The summed E-state index contributed by atoms with van der Waals surface area (Å²) in [4.78, 5) is 14.2. The maximum absolute atomic E-state index is 12.4. The minimum Gasteiger partial charge on any atom is -0.490 e. The Balaban J connectivity index is 2.00. The van der Waals surface area contributed by atoms with Crippen molar-refractivity contribution in [1.29, 1.82) is 0 Å². The van der Waals surface area contributed by atoms with E-state index in [1.165, 1.54) is 0 Å². The van der Waals surface area contributed by atoms with Gasteiger partial charge in [0.1, 0.15) is 12.4 Å². The maximum atomic E-state index is 12.4. The number of carbonyl (C=O) groups is 1. The summed E-state index contributed by atoms with van der Waals surface area (Å²) in [5, 5.41) is 3.86. The molecular formula is C12H13ClN2O2. The summed E-state index contributed by atoms with van der Waals surface area (Å²) in [6, 6.07) is 5.29. The van der Waals surface area contributed by atoms with Gasteiger partial charge in [-0.3, -0.25) is 4.79 Å². The van der Waals surface area contributed by atoms with Crippen molar-refractivity contribution in [3.8, 4) is 5.75 Å². The van der Waals surface area contributed by atoms with Gasteiger partial charge in [-0.1, -0.05) is 11.6 Å². The van der Waals surface area contributed by atoms with Crippen molar-refractivity contribution >= 4 is 17.5 Å². The van der Waals surface area contributed by atoms with E-state index in [0.717, 1.165) is 19.6 Å². The number of halogens is 1. The molecule has 1 aromatic carbocycles. The van der Waals surface area contributed by atoms with Crippen LogP contribution in [0.2, 0.25) is 5.02 Å². The van der Waals surface area contributed by atoms with Crippen LogP contribution in [0.15, 0.2) is 18.2 Å². The smallest absolute Gasteiger partial charge is 0.258 e. The predicted octanol–water partition coefficient (Wildman–Crippen LogP) is 1.15. The average Bonchev–Trinajstić information content (AvgIpc) is 2.48. The van der Waals surface area contributed by atoms with E-state index in [1.807, 2.05) is 4.90 Å². The molecule has 1 saturated heterocycles. The summed E-state index contributed by atoms with van der Waals surface area (Å²) < 4.78 is 5.68. The number of carbonyl (C=O) groups excluding carboxylic acids is 1. The first-order valence-corrected chi connectivity index (χ1v) is 6.07. The lowest BCUT2D eigenvalue weighted by Gasteiger charge is -2.33. The van der Waals surface area contributed by atoms with Crippen molar-refractivity contribution in [2.45, 2.75) is 6.04 Å². The Kier molecular flexibility index (Phi) is 2.68. The van der Waals surface area contributed by atoms with Gasteiger partial charge in [-0.2, -0.15) is 0 Å². The Bertz CT molecular complexity index is 464. The van der Waals surface area contributed by atoms with Gasteiger partial charge in [-0.15, -0.1) is 0 Å². The quantitative estimate of drug-likeness (QED) is 0.753. The minimum atomic E-state index is 0.0423. The lowest BCUT2D eigenvalue weighted by Crippen LogP contribution is -2.54. The molecule has 90 valence electrons. The van der Waals surface area contributed by atoms with Gasteiger partial charge in [0.15, 0.2) is 0 Å². The summed E-state index contributed by atoms with van der Waals surface area (Å²) in [6.07, 6.45) is 0. The van der Waals surface area contributed by atoms with E-state index in [9.17, 15) is 4.79 Å². The first-order chi connectivity index (χ1) is 8.25. The molecule has 0 spiro atoms. The normalized spacial score (nSPS) is 23.5. The van der Waals surface area contributed by atoms with Gasteiger partial charge < -0.3 is 15.0 Å². The van der Waals surface area contributed by atoms with E-state index >= 15 is 0 Å². The number of nitrogens with zero attached hydrogens (tertiary/aromatic N) is 1. The van der Waals surface area contributed by atoms with Crippen molar-refractivity contribution in [2.75, 3.05) is 26.2 Å². The van der Waals surface area contributed by atoms with E-state index in [0.29, 0.717) is 22.9 Å². The van der Waals surface area contributed by atoms with Crippen LogP contribution in [0.25, 0.3) is 0 Å². The Morgan fingerprint density at radius 2 is 2.35 bits per heavy atom. The monoisotopic (exact) mass is 252 g/mol. The molecule has 1 unspecified atom stereocenters. The van der Waals surface area contributed by atoms with Crippen molar-refractivity contribution in [3.63, 3.8) is 0 Å². The highest BCUT2D eigenvalue weighted by Gasteiger charge is 2.32. The largest absolute Gasteiger partial charge is 0.490 e. The molecule has 0 radical (unpaired) electrons. The third kappa shape index (κ3) is 1.87. The Labute approximate surface area is 104 Å². The van der Waals surface area contributed by atoms with Crippen molar-refractivity contribution in [2.24, 2.45) is 0 Å². The van der Waals surface area contributed by atoms with Crippen molar-refractivity contribution in [3.05, 3.63) is 28.8 Å². The zero-order chi connectivity index (χ0) is 11.8. The molecule has 5 heteroatoms. The third-order valence-corrected chi connectivity index (χ3v) is 3.45. The van der Waals surface area contributed by atoms with Gasteiger partial charge in [0, 0.05) is 24.7 Å². The number of ether oxygens (including phenoxy) is 1. The molecule has 2 aliphatic heterocycles. The number of fused-ring (bicyclic) bond motifs is 2. The second-order valence-electron chi connectivity index (χ2n) is 4.31. The second kappa shape index (κ2) is 4.20. The van der Waals surface area contributed by atoms with Crippen LogP contribution < -0.4 is 10.1 Å². The van der Waals surface area contributed by atoms with Crippen LogP contribution in [-0.2, 0) is 0 Å². The first-order valence-electron chi connectivity index (χ1n) is 5.70. The standard InChI is InChI=1S/C12H13ClN2O2/c13-8-1-2-10-11(5-8)17-7-9-6-14-3-4-15(9)12(10)16/h1-2,5,9,14H,3-4,6-7H2. The fourth-order valence-corrected chi connectivity index (χ4v) is 2.47. The number of piperazine rings is 1. The topological polar surface area (TPSA) is 41.6 Å². The van der Waals surface area contributed by atoms with Crippen molar-refractivity contribution < 1.29 is 9.53 Å². The summed E-state index contributed by atoms with van der Waals surface area (Å²) in [7, 11) is 0. The molecule has 1 N–H and O–H groups in total. The summed E-state index contributed by atoms with van der Waals surface area (Å²) in [6.45, 7) is 2.87. The van der Waals surface area contributed by atoms with Gasteiger partial charge in [0.25, 0.3) is 5.91 Å². The molecule has 2 heterocycles. The number of nitrogens with one attached hydrogen (secondary N) is 1. The zero-order valence-electron chi connectivity index (χ0n) is 9.28. The van der Waals surface area contributed by atoms with Crippen LogP contribution in [0.4, 0.5) is 0 Å². The SMILES string of the molecule is O=C1c2ccc(Cl)cc2OCC2CNCCN12. The molecule has 1 fully saturated rings. The highest BCUT2D eigenvalue weighted by molar-refractivity contribution is 6.30. The summed E-state index contributed by atoms with van der Waals surface area (Å²) in [5.41, 5.74) is 0.610. The van der Waals surface area contributed by atoms with Crippen molar-refractivity contribution in [1.82, 2.24) is 10.2 Å². The molecule has 1 aromatic rings. The van der Waals surface area contributed by atoms with Crippen LogP contribution in [0.3, 0.4) is 0 Å². The van der Waals surface area contributed by atoms with Crippen LogP contribution in [0, 0.1) is 0 Å². The molecule has 0 bridgehead atoms. The molecule has 17 heavy (non-hydrogen) atoms. The van der Waals surface area contributed by atoms with E-state index in [-0.39, 0.29) is 11.9 Å². The van der Waals surface area contributed by atoms with Gasteiger partial charge in [0.2, 0.25) is 0 Å². The number of benzene rings is 1. The van der Waals surface area contributed by atoms with Crippen LogP contribution >= 0.6 is 11.6 Å². The fourth-order valence-electron chi connectivity index (χ4n) is 2.31. The lowest BCUT2D eigenvalue weighted by atomic mass is 10.1. The molecule has 2 aliphatic rings. The summed E-state index contributed by atoms with van der Waals surface area (Å²) in [5.74, 6) is 0.637. The lowest BCUT2D eigenvalue weighted by molar-refractivity contribution is 0.0606. The van der Waals surface area contributed by atoms with Crippen LogP contribution in [0.5, 0.6) is 5.75 Å². The molecular weight excluding hydrogens is 240 g/mol. The molecule has 0 saturated carbocycles. The maximum Gasteiger partial charge on any atom is 0.258 e. The minimum absolute atomic E-state index is 0.0423. The highest BCUT2D eigenvalue weighted by atomic mass is 35.5. The van der Waals surface area contributed by atoms with Gasteiger partial charge in [-0.05, 0) is 18.2 Å². The average molecular weight is 253 g/mol. The Morgan fingerprint density at radius 1 is 1.47 bits per heavy atom. The molecule has 1 amide bonds. The van der Waals surface area contributed by atoms with Gasteiger partial charge in [0.05, 0.1) is 11.6 Å². The number of hydrogen-bond acceptors (Lipinski definition) is 3. The molecule has 1 atom stereocenters. The Morgan fingerprint density at radius 3 is 3.24 bits per heavy atom. The first kappa shape index (κ1) is 10.9. The van der Waals surface area contributed by atoms with Gasteiger partial charge in [-0.25, -0.2) is 0 Å². The third-order valence-electron chi connectivity index (χ3n) is 3.22.